The third kappa shape index (κ3) is 4.88. The van der Waals surface area contributed by atoms with Crippen molar-refractivity contribution in [3.05, 3.63) is 47.0 Å². The highest BCUT2D eigenvalue weighted by molar-refractivity contribution is 5.94. The highest BCUT2D eigenvalue weighted by Gasteiger charge is 2.22. The average molecular weight is 407 g/mol. The Kier molecular flexibility index (Phi) is 6.41. The van der Waals surface area contributed by atoms with E-state index in [9.17, 15) is 13.6 Å². The molecule has 0 aromatic heterocycles. The lowest BCUT2D eigenvalue weighted by Crippen LogP contribution is -2.23. The van der Waals surface area contributed by atoms with Crippen LogP contribution in [0.25, 0.3) is 0 Å². The minimum atomic E-state index is -2.98. The molecule has 6 nitrogen and oxygen atoms in total. The summed E-state index contributed by atoms with van der Waals surface area (Å²) >= 11 is 0. The first kappa shape index (κ1) is 20.7. The summed E-state index contributed by atoms with van der Waals surface area (Å²) in [6.07, 6.45) is 0.917. The lowest BCUT2D eigenvalue weighted by atomic mass is 10.1. The van der Waals surface area contributed by atoms with Gasteiger partial charge in [0, 0.05) is 29.7 Å². The summed E-state index contributed by atoms with van der Waals surface area (Å²) in [4.78, 5) is 12.5. The van der Waals surface area contributed by atoms with Gasteiger partial charge in [0.15, 0.2) is 11.5 Å². The number of rotatable bonds is 8. The molecular weight excluding hydrogens is 384 g/mol. The second-order valence-electron chi connectivity index (χ2n) is 6.56. The zero-order chi connectivity index (χ0) is 21.0. The van der Waals surface area contributed by atoms with Crippen molar-refractivity contribution < 1.29 is 32.5 Å². The van der Waals surface area contributed by atoms with Crippen LogP contribution in [0.15, 0.2) is 30.3 Å². The van der Waals surface area contributed by atoms with Gasteiger partial charge in [0.25, 0.3) is 5.91 Å². The van der Waals surface area contributed by atoms with Gasteiger partial charge < -0.3 is 24.3 Å². The molecule has 1 N–H and O–H groups in total. The van der Waals surface area contributed by atoms with Gasteiger partial charge in [-0.25, -0.2) is 0 Å². The third-order valence-corrected chi connectivity index (χ3v) is 4.46. The molecule has 1 heterocycles. The summed E-state index contributed by atoms with van der Waals surface area (Å²) in [6, 6.07) is 7.85. The topological polar surface area (TPSA) is 66.0 Å². The molecule has 2 aromatic carbocycles. The molecule has 8 heteroatoms. The molecule has 1 aliphatic rings. The average Bonchev–Trinajstić information content (AvgIpc) is 3.04. The fraction of sp³-hybridized carbons (Fsp3) is 0.381. The first-order valence-electron chi connectivity index (χ1n) is 9.27. The first-order valence-corrected chi connectivity index (χ1v) is 9.27. The number of hydrogen-bond donors (Lipinski definition) is 1. The quantitative estimate of drug-likeness (QED) is 0.718. The predicted molar refractivity (Wildman–Crippen MR) is 102 cm³/mol. The van der Waals surface area contributed by atoms with Crippen LogP contribution in [0, 0.1) is 0 Å². The van der Waals surface area contributed by atoms with Gasteiger partial charge in [-0.05, 0) is 44.2 Å². The molecule has 2 aromatic rings. The number of ether oxygens (including phenoxy) is 4. The van der Waals surface area contributed by atoms with Gasteiger partial charge >= 0.3 is 6.61 Å². The molecule has 0 aliphatic carbocycles. The maximum atomic E-state index is 12.5. The standard InChI is InChI=1S/C21H23F2NO5/c1-4-27-17-9-14-7-12(2)28-18(14)10-15(17)11-24-20(25)13-5-6-16(29-21(22)23)19(8-13)26-3/h5-6,8-10,12,21H,4,7,11H2,1-3H3,(H,24,25)/t12-/m0/s1. The molecule has 156 valence electrons. The van der Waals surface area contributed by atoms with E-state index in [-0.39, 0.29) is 35.6 Å². The number of alkyl halides is 2. The number of methoxy groups -OCH3 is 1. The first-order chi connectivity index (χ1) is 13.9. The van der Waals surface area contributed by atoms with Crippen LogP contribution in [0.4, 0.5) is 8.78 Å². The van der Waals surface area contributed by atoms with E-state index in [1.54, 1.807) is 0 Å². The zero-order valence-corrected chi connectivity index (χ0v) is 16.5. The summed E-state index contributed by atoms with van der Waals surface area (Å²) in [5, 5.41) is 2.81. The Morgan fingerprint density at radius 1 is 1.24 bits per heavy atom. The van der Waals surface area contributed by atoms with E-state index in [1.807, 2.05) is 26.0 Å². The van der Waals surface area contributed by atoms with Gasteiger partial charge in [-0.15, -0.1) is 0 Å². The molecule has 0 radical (unpaired) electrons. The van der Waals surface area contributed by atoms with Crippen molar-refractivity contribution in [3.63, 3.8) is 0 Å². The number of carbonyl (C=O) groups excluding carboxylic acids is 1. The van der Waals surface area contributed by atoms with E-state index in [4.69, 9.17) is 14.2 Å². The van der Waals surface area contributed by atoms with Crippen molar-refractivity contribution in [2.45, 2.75) is 39.5 Å². The third-order valence-electron chi connectivity index (χ3n) is 4.46. The van der Waals surface area contributed by atoms with Crippen molar-refractivity contribution in [2.24, 2.45) is 0 Å². The molecule has 0 spiro atoms. The van der Waals surface area contributed by atoms with Crippen molar-refractivity contribution in [1.82, 2.24) is 5.32 Å². The van der Waals surface area contributed by atoms with E-state index in [1.165, 1.54) is 25.3 Å². The summed E-state index contributed by atoms with van der Waals surface area (Å²) < 4.78 is 45.8. The van der Waals surface area contributed by atoms with Crippen LogP contribution in [0.2, 0.25) is 0 Å². The van der Waals surface area contributed by atoms with Gasteiger partial charge in [-0.1, -0.05) is 0 Å². The van der Waals surface area contributed by atoms with Crippen LogP contribution in [-0.4, -0.2) is 32.3 Å². The smallest absolute Gasteiger partial charge is 0.387 e. The Bertz CT molecular complexity index is 888. The molecule has 1 amide bonds. The molecular formula is C21H23F2NO5. The summed E-state index contributed by atoms with van der Waals surface area (Å²) in [5.41, 5.74) is 2.13. The molecule has 0 bridgehead atoms. The number of amides is 1. The van der Waals surface area contributed by atoms with E-state index in [0.717, 1.165) is 23.3 Å². The van der Waals surface area contributed by atoms with Crippen molar-refractivity contribution in [1.29, 1.82) is 0 Å². The Morgan fingerprint density at radius 3 is 2.72 bits per heavy atom. The largest absolute Gasteiger partial charge is 0.494 e. The van der Waals surface area contributed by atoms with Gasteiger partial charge in [-0.3, -0.25) is 4.79 Å². The molecule has 0 fully saturated rings. The van der Waals surface area contributed by atoms with Crippen LogP contribution in [0.3, 0.4) is 0 Å². The molecule has 29 heavy (non-hydrogen) atoms. The number of hydrogen-bond acceptors (Lipinski definition) is 5. The SMILES string of the molecule is CCOc1cc2c(cc1CNC(=O)c1ccc(OC(F)F)c(OC)c1)O[C@@H](C)C2. The van der Waals surface area contributed by atoms with Gasteiger partial charge in [-0.2, -0.15) is 8.78 Å². The second-order valence-corrected chi connectivity index (χ2v) is 6.56. The minimum Gasteiger partial charge on any atom is -0.494 e. The van der Waals surface area contributed by atoms with E-state index >= 15 is 0 Å². The number of nitrogens with one attached hydrogen (secondary N) is 1. The van der Waals surface area contributed by atoms with E-state index in [2.05, 4.69) is 10.1 Å². The summed E-state index contributed by atoms with van der Waals surface area (Å²) in [5.74, 6) is 1.02. The van der Waals surface area contributed by atoms with Crippen LogP contribution in [-0.2, 0) is 13.0 Å². The molecule has 1 atom stereocenters. The van der Waals surface area contributed by atoms with E-state index < -0.39 is 6.61 Å². The van der Waals surface area contributed by atoms with Crippen LogP contribution in [0.1, 0.15) is 35.3 Å². The van der Waals surface area contributed by atoms with Gasteiger partial charge in [0.05, 0.1) is 13.7 Å². The van der Waals surface area contributed by atoms with Crippen molar-refractivity contribution in [3.8, 4) is 23.0 Å². The fourth-order valence-electron chi connectivity index (χ4n) is 3.19. The highest BCUT2D eigenvalue weighted by Crippen LogP contribution is 2.35. The molecule has 0 saturated heterocycles. The Balaban J connectivity index is 1.74. The van der Waals surface area contributed by atoms with Crippen LogP contribution < -0.4 is 24.3 Å². The number of halogens is 2. The monoisotopic (exact) mass is 407 g/mol. The molecule has 0 saturated carbocycles. The minimum absolute atomic E-state index is 0.0490. The highest BCUT2D eigenvalue weighted by atomic mass is 19.3. The molecule has 3 rings (SSSR count). The Morgan fingerprint density at radius 2 is 2.03 bits per heavy atom. The fourth-order valence-corrected chi connectivity index (χ4v) is 3.19. The summed E-state index contributed by atoms with van der Waals surface area (Å²) in [6.45, 7) is 1.63. The lowest BCUT2D eigenvalue weighted by molar-refractivity contribution is -0.0512. The number of benzene rings is 2. The number of carbonyl (C=O) groups is 1. The Hall–Kier alpha value is -3.03. The predicted octanol–water partition coefficient (Wildman–Crippen LogP) is 3.95. The Labute approximate surface area is 167 Å². The normalized spacial score (nSPS) is 14.9. The van der Waals surface area contributed by atoms with Crippen molar-refractivity contribution in [2.75, 3.05) is 13.7 Å². The van der Waals surface area contributed by atoms with Crippen LogP contribution in [0.5, 0.6) is 23.0 Å². The lowest BCUT2D eigenvalue weighted by Gasteiger charge is -2.14. The second kappa shape index (κ2) is 8.98. The van der Waals surface area contributed by atoms with Crippen LogP contribution >= 0.6 is 0 Å². The van der Waals surface area contributed by atoms with Gasteiger partial charge in [0.1, 0.15) is 17.6 Å². The maximum Gasteiger partial charge on any atom is 0.387 e. The maximum absolute atomic E-state index is 12.5. The number of fused-ring (bicyclic) bond motifs is 1. The van der Waals surface area contributed by atoms with E-state index in [0.29, 0.717) is 12.4 Å². The summed E-state index contributed by atoms with van der Waals surface area (Å²) in [7, 11) is 1.31. The van der Waals surface area contributed by atoms with Crippen molar-refractivity contribution >= 4 is 5.91 Å². The molecule has 0 unspecified atom stereocenters. The zero-order valence-electron chi connectivity index (χ0n) is 16.5. The van der Waals surface area contributed by atoms with Gasteiger partial charge in [0.2, 0.25) is 0 Å². The molecule has 1 aliphatic heterocycles.